The molecule has 2 aliphatic heterocycles. The smallest absolute Gasteiger partial charge is 0.324 e. The van der Waals surface area contributed by atoms with Crippen LogP contribution in [0.5, 0.6) is 0 Å². The van der Waals surface area contributed by atoms with E-state index in [2.05, 4.69) is 10.6 Å². The Hall–Kier alpha value is -1.19. The summed E-state index contributed by atoms with van der Waals surface area (Å²) in [5, 5.41) is 5.76. The fourth-order valence-electron chi connectivity index (χ4n) is 1.25. The van der Waals surface area contributed by atoms with Crippen LogP contribution in [-0.4, -0.2) is 24.1 Å². The van der Waals surface area contributed by atoms with E-state index >= 15 is 0 Å². The number of carbonyl (C=O) groups is 1. The van der Waals surface area contributed by atoms with Gasteiger partial charge in [0.1, 0.15) is 5.82 Å². The summed E-state index contributed by atoms with van der Waals surface area (Å²) in [4.78, 5) is 12.7. The zero-order valence-electron chi connectivity index (χ0n) is 5.55. The maximum absolute atomic E-state index is 11.0. The molecule has 2 N–H and O–H groups in total. The molecule has 54 valence electrons. The van der Waals surface area contributed by atoms with Crippen LogP contribution in [0.3, 0.4) is 0 Å². The second kappa shape index (κ2) is 1.90. The monoisotopic (exact) mass is 139 g/mol. The van der Waals surface area contributed by atoms with Gasteiger partial charge < -0.3 is 10.6 Å². The number of rotatable bonds is 0. The van der Waals surface area contributed by atoms with E-state index in [0.717, 1.165) is 18.8 Å². The molecule has 0 aliphatic carbocycles. The van der Waals surface area contributed by atoms with Crippen LogP contribution in [0.25, 0.3) is 0 Å². The van der Waals surface area contributed by atoms with Gasteiger partial charge in [0.2, 0.25) is 0 Å². The third-order valence-corrected chi connectivity index (χ3v) is 1.74. The van der Waals surface area contributed by atoms with Crippen molar-refractivity contribution in [1.29, 1.82) is 0 Å². The molecular formula is C6H9N3O. The Kier molecular flexibility index (Phi) is 1.06. The first-order valence-electron chi connectivity index (χ1n) is 3.37. The maximum atomic E-state index is 11.0. The lowest BCUT2D eigenvalue weighted by molar-refractivity contribution is 0.203. The van der Waals surface area contributed by atoms with Gasteiger partial charge >= 0.3 is 6.03 Å². The molecule has 0 unspecified atom stereocenters. The molecule has 1 saturated heterocycles. The molecule has 10 heavy (non-hydrogen) atoms. The summed E-state index contributed by atoms with van der Waals surface area (Å²) in [5.74, 6) is 0.962. The van der Waals surface area contributed by atoms with Gasteiger partial charge in [-0.2, -0.15) is 0 Å². The Labute approximate surface area is 58.9 Å². The van der Waals surface area contributed by atoms with Crippen LogP contribution in [0.2, 0.25) is 0 Å². The molecule has 0 radical (unpaired) electrons. The molecule has 0 atom stereocenters. The highest BCUT2D eigenvalue weighted by atomic mass is 16.2. The Morgan fingerprint density at radius 2 is 2.40 bits per heavy atom. The third kappa shape index (κ3) is 0.650. The highest BCUT2D eigenvalue weighted by Gasteiger charge is 2.24. The molecule has 1 fully saturated rings. The molecule has 4 heteroatoms. The van der Waals surface area contributed by atoms with Crippen LogP contribution in [0.1, 0.15) is 6.42 Å². The minimum Gasteiger partial charge on any atom is -0.354 e. The summed E-state index contributed by atoms with van der Waals surface area (Å²) in [6, 6.07) is 0.0162. The lowest BCUT2D eigenvalue weighted by Crippen LogP contribution is -2.50. The highest BCUT2D eigenvalue weighted by Crippen LogP contribution is 2.13. The van der Waals surface area contributed by atoms with Gasteiger partial charge in [-0.25, -0.2) is 4.79 Å². The fourth-order valence-corrected chi connectivity index (χ4v) is 1.25. The molecule has 0 saturated carbocycles. The average Bonchev–Trinajstić information content (AvgIpc) is 2.36. The van der Waals surface area contributed by atoms with Crippen LogP contribution < -0.4 is 10.6 Å². The van der Waals surface area contributed by atoms with Crippen LogP contribution in [-0.2, 0) is 0 Å². The maximum Gasteiger partial charge on any atom is 0.324 e. The number of amides is 2. The number of nitrogens with zero attached hydrogens (tertiary/aromatic N) is 1. The van der Waals surface area contributed by atoms with Crippen molar-refractivity contribution in [1.82, 2.24) is 15.5 Å². The van der Waals surface area contributed by atoms with Gasteiger partial charge in [0.15, 0.2) is 0 Å². The van der Waals surface area contributed by atoms with E-state index in [1.165, 1.54) is 0 Å². The standard InChI is InChI=1S/C6H9N3O/c10-6-8-4-7-5-2-1-3-9(5)6/h2,7H,1,3-4H2,(H,8,10). The Morgan fingerprint density at radius 1 is 1.50 bits per heavy atom. The molecular weight excluding hydrogens is 130 g/mol. The van der Waals surface area contributed by atoms with Gasteiger partial charge in [-0.15, -0.1) is 0 Å². The molecule has 0 aromatic carbocycles. The van der Waals surface area contributed by atoms with E-state index in [4.69, 9.17) is 0 Å². The van der Waals surface area contributed by atoms with Crippen LogP contribution in [0.15, 0.2) is 11.9 Å². The van der Waals surface area contributed by atoms with E-state index in [0.29, 0.717) is 6.67 Å². The second-order valence-electron chi connectivity index (χ2n) is 2.37. The zero-order valence-corrected chi connectivity index (χ0v) is 5.55. The summed E-state index contributed by atoms with van der Waals surface area (Å²) in [5.41, 5.74) is 0. The van der Waals surface area contributed by atoms with E-state index in [1.807, 2.05) is 6.08 Å². The van der Waals surface area contributed by atoms with E-state index < -0.39 is 0 Å². The summed E-state index contributed by atoms with van der Waals surface area (Å²) < 4.78 is 0. The summed E-state index contributed by atoms with van der Waals surface area (Å²) >= 11 is 0. The highest BCUT2D eigenvalue weighted by molar-refractivity contribution is 5.77. The van der Waals surface area contributed by atoms with Crippen molar-refractivity contribution in [2.24, 2.45) is 0 Å². The number of carbonyl (C=O) groups excluding carboxylic acids is 1. The first-order valence-corrected chi connectivity index (χ1v) is 3.37. The Morgan fingerprint density at radius 3 is 3.20 bits per heavy atom. The summed E-state index contributed by atoms with van der Waals surface area (Å²) in [6.07, 6.45) is 3.01. The number of urea groups is 1. The van der Waals surface area contributed by atoms with Gasteiger partial charge in [-0.3, -0.25) is 4.90 Å². The van der Waals surface area contributed by atoms with Crippen molar-refractivity contribution >= 4 is 6.03 Å². The lowest BCUT2D eigenvalue weighted by atomic mass is 10.5. The first kappa shape index (κ1) is 5.58. The Balaban J connectivity index is 2.21. The molecule has 2 aliphatic rings. The van der Waals surface area contributed by atoms with Gasteiger partial charge in [-0.05, 0) is 12.5 Å². The molecule has 2 amide bonds. The van der Waals surface area contributed by atoms with Crippen LogP contribution in [0, 0.1) is 0 Å². The van der Waals surface area contributed by atoms with E-state index in [9.17, 15) is 4.79 Å². The molecule has 0 spiro atoms. The summed E-state index contributed by atoms with van der Waals surface area (Å²) in [6.45, 7) is 1.37. The van der Waals surface area contributed by atoms with Crippen molar-refractivity contribution in [3.8, 4) is 0 Å². The molecule has 4 nitrogen and oxygen atoms in total. The van der Waals surface area contributed by atoms with Crippen molar-refractivity contribution < 1.29 is 4.79 Å². The number of hydrogen-bond acceptors (Lipinski definition) is 2. The van der Waals surface area contributed by atoms with E-state index in [1.54, 1.807) is 4.90 Å². The Bertz CT molecular complexity index is 199. The number of hydrogen-bond donors (Lipinski definition) is 2. The third-order valence-electron chi connectivity index (χ3n) is 1.74. The van der Waals surface area contributed by atoms with Gasteiger partial charge in [0.05, 0.1) is 6.67 Å². The topological polar surface area (TPSA) is 44.4 Å². The van der Waals surface area contributed by atoms with Crippen LogP contribution in [0.4, 0.5) is 4.79 Å². The minimum absolute atomic E-state index is 0.0162. The average molecular weight is 139 g/mol. The van der Waals surface area contributed by atoms with Crippen molar-refractivity contribution in [2.75, 3.05) is 13.2 Å². The van der Waals surface area contributed by atoms with Crippen molar-refractivity contribution in [3.05, 3.63) is 11.9 Å². The van der Waals surface area contributed by atoms with Gasteiger partial charge in [0.25, 0.3) is 0 Å². The second-order valence-corrected chi connectivity index (χ2v) is 2.37. The SMILES string of the molecule is O=C1NCNC2=CCCN12. The minimum atomic E-state index is 0.0162. The first-order chi connectivity index (χ1) is 4.88. The van der Waals surface area contributed by atoms with Gasteiger partial charge in [-0.1, -0.05) is 0 Å². The largest absolute Gasteiger partial charge is 0.354 e. The number of fused-ring (bicyclic) bond motifs is 1. The molecule has 0 bridgehead atoms. The lowest BCUT2D eigenvalue weighted by Gasteiger charge is -2.26. The molecule has 2 rings (SSSR count). The quantitative estimate of drug-likeness (QED) is 0.488. The normalized spacial score (nSPS) is 23.0. The molecule has 2 heterocycles. The molecule has 0 aromatic heterocycles. The van der Waals surface area contributed by atoms with Crippen molar-refractivity contribution in [3.63, 3.8) is 0 Å². The predicted molar refractivity (Wildman–Crippen MR) is 35.9 cm³/mol. The van der Waals surface area contributed by atoms with Crippen LogP contribution >= 0.6 is 0 Å². The zero-order chi connectivity index (χ0) is 6.97. The molecule has 0 aromatic rings. The fraction of sp³-hybridized carbons (Fsp3) is 0.500. The summed E-state index contributed by atoms with van der Waals surface area (Å²) in [7, 11) is 0. The van der Waals surface area contributed by atoms with Crippen molar-refractivity contribution in [2.45, 2.75) is 6.42 Å². The predicted octanol–water partition coefficient (Wildman–Crippen LogP) is -0.196. The van der Waals surface area contributed by atoms with E-state index in [-0.39, 0.29) is 6.03 Å². The number of nitrogens with one attached hydrogen (secondary N) is 2. The van der Waals surface area contributed by atoms with Gasteiger partial charge in [0, 0.05) is 6.54 Å².